The first-order chi connectivity index (χ1) is 49.7. The molecule has 466 valence electrons. The Morgan fingerprint density at radius 3 is 0.760 bits per heavy atom. The van der Waals surface area contributed by atoms with Gasteiger partial charge in [0.15, 0.2) is 0 Å². The zero-order valence-corrected chi connectivity index (χ0v) is 53.8. The van der Waals surface area contributed by atoms with Crippen molar-refractivity contribution in [3.05, 3.63) is 340 Å². The van der Waals surface area contributed by atoms with E-state index in [1.54, 1.807) is 0 Å². The summed E-state index contributed by atoms with van der Waals surface area (Å²) >= 11 is 0. The number of fused-ring (bicyclic) bond motifs is 22. The topological polar surface area (TPSA) is 73.3 Å². The van der Waals surface area contributed by atoms with E-state index in [4.69, 9.17) is 19.9 Å². The molecule has 10 heteroatoms. The molecular weight excluding hydrogens is 1220 g/mol. The molecule has 0 unspecified atom stereocenters. The van der Waals surface area contributed by atoms with Gasteiger partial charge in [0, 0.05) is 135 Å². The normalized spacial score (nSPS) is 12.0. The maximum Gasteiger partial charge on any atom is 0.118 e. The molecule has 7 aromatic heterocycles. The van der Waals surface area contributed by atoms with Gasteiger partial charge >= 0.3 is 0 Å². The Morgan fingerprint density at radius 2 is 0.460 bits per heavy atom. The molecule has 0 spiro atoms. The number of para-hydroxylation sites is 8. The van der Waals surface area contributed by atoms with Gasteiger partial charge in [-0.3, -0.25) is 9.97 Å². The minimum absolute atomic E-state index is 0.697. The van der Waals surface area contributed by atoms with Crippen molar-refractivity contribution in [3.63, 3.8) is 0 Å². The first kappa shape index (κ1) is 55.6. The van der Waals surface area contributed by atoms with Crippen LogP contribution in [0.2, 0.25) is 0 Å². The molecule has 0 radical (unpaired) electrons. The summed E-state index contributed by atoms with van der Waals surface area (Å²) in [4.78, 5) is 32.1. The summed E-state index contributed by atoms with van der Waals surface area (Å²) in [5.74, 6) is 0. The summed E-state index contributed by atoms with van der Waals surface area (Å²) in [5.41, 5.74) is 23.3. The van der Waals surface area contributed by atoms with Crippen LogP contribution in [-0.4, -0.2) is 28.7 Å². The monoisotopic (exact) mass is 1280 g/mol. The van der Waals surface area contributed by atoms with Crippen LogP contribution in [0.15, 0.2) is 340 Å². The lowest BCUT2D eigenvalue weighted by Gasteiger charge is -2.26. The van der Waals surface area contributed by atoms with Crippen molar-refractivity contribution >= 4 is 188 Å². The number of aromatic nitrogens is 6. The van der Waals surface area contributed by atoms with Gasteiger partial charge in [-0.25, -0.2) is 9.97 Å². The molecule has 0 aliphatic heterocycles. The van der Waals surface area contributed by atoms with Crippen molar-refractivity contribution in [2.24, 2.45) is 0 Å². The largest absolute Gasteiger partial charge is 0.310 e. The zero-order chi connectivity index (χ0) is 65.5. The highest BCUT2D eigenvalue weighted by molar-refractivity contribution is 6.41. The van der Waals surface area contributed by atoms with Gasteiger partial charge in [-0.15, -0.1) is 0 Å². The van der Waals surface area contributed by atoms with Crippen molar-refractivity contribution in [2.75, 3.05) is 19.6 Å². The second-order valence-electron chi connectivity index (χ2n) is 25.7. The molecule has 0 saturated carbocycles. The van der Waals surface area contributed by atoms with Crippen LogP contribution in [0.5, 0.6) is 0 Å². The van der Waals surface area contributed by atoms with Crippen LogP contribution in [0, 0.1) is 0 Å². The summed E-state index contributed by atoms with van der Waals surface area (Å²) in [5, 5.41) is 10.4. The van der Waals surface area contributed by atoms with Crippen LogP contribution in [0.1, 0.15) is 0 Å². The lowest BCUT2D eigenvalue weighted by Crippen LogP contribution is -2.10. The summed E-state index contributed by atoms with van der Waals surface area (Å²) in [6.45, 7) is 0. The van der Waals surface area contributed by atoms with Gasteiger partial charge in [0.05, 0.1) is 44.1 Å². The van der Waals surface area contributed by atoms with Gasteiger partial charge in [-0.1, -0.05) is 158 Å². The highest BCUT2D eigenvalue weighted by Crippen LogP contribution is 2.54. The van der Waals surface area contributed by atoms with E-state index in [9.17, 15) is 0 Å². The molecule has 0 aliphatic rings. The Hall–Kier alpha value is -13.7. The van der Waals surface area contributed by atoms with Gasteiger partial charge in [0.2, 0.25) is 0 Å². The molecule has 21 aromatic rings. The molecule has 10 nitrogen and oxygen atoms in total. The molecule has 100 heavy (non-hydrogen) atoms. The van der Waals surface area contributed by atoms with E-state index in [2.05, 4.69) is 344 Å². The Morgan fingerprint density at radius 1 is 0.190 bits per heavy atom. The Labute approximate surface area is 573 Å². The zero-order valence-electron chi connectivity index (χ0n) is 53.8. The second kappa shape index (κ2) is 21.9. The van der Waals surface area contributed by atoms with Gasteiger partial charge in [-0.2, -0.15) is 0 Å². The van der Waals surface area contributed by atoms with E-state index >= 15 is 0 Å². The van der Waals surface area contributed by atoms with E-state index < -0.39 is 0 Å². The molecule has 0 saturated heterocycles. The summed E-state index contributed by atoms with van der Waals surface area (Å²) < 4.78 is 5.14. The fraction of sp³-hybridized carbons (Fsp3) is 0. The predicted molar refractivity (Wildman–Crippen MR) is 416 cm³/mol. The number of hydrogen-bond donors (Lipinski definition) is 0. The SMILES string of the molecule is c1ccc(N(c2ccccc2)c2ccc3c(c2)c2cc(N(c4ccccc4)c4ccccc4)cc4c5c6nc7c8ncccc8c8cccnc8c7nc6c6c7cc(N(c8ccccc8)c8ccccc8)cc8c9cc(N(c%10ccccc%10)c%10ccccc%10)ccc9n(c87)c6c5n3c24)cc1. The Balaban J connectivity index is 0.993. The van der Waals surface area contributed by atoms with Crippen LogP contribution >= 0.6 is 0 Å². The average Bonchev–Trinajstić information content (AvgIpc) is 1.49. The Kier molecular flexibility index (Phi) is 12.2. The van der Waals surface area contributed by atoms with Crippen LogP contribution in [0.3, 0.4) is 0 Å². The van der Waals surface area contributed by atoms with Gasteiger partial charge in [0.25, 0.3) is 0 Å². The van der Waals surface area contributed by atoms with Crippen molar-refractivity contribution in [3.8, 4) is 0 Å². The quantitative estimate of drug-likeness (QED) is 0.0885. The standard InChI is InChI=1S/C90H56N10/c1-9-27-57(28-10-1)95(58-29-11-2-12-30-58)65-45-47-77-71(51-65)73-53-67(97(61-35-17-5-18-36-61)62-37-19-6-20-38-62)55-75-79-83-84(94-86-82-70(44-26-50-92-82)69-43-25-49-91-81(69)85(86)93-83)80-76-56-68(98(63-39-21-7-22-40-63)64-41-23-8-24-42-64)54-74-72-52-66(96(59-31-13-3-14-32-59)60-33-15-4-16-34-60)46-48-78(72)100(88(74)76)90(80)89(79)99(77)87(73)75/h1-56H. The molecule has 0 atom stereocenters. The van der Waals surface area contributed by atoms with E-state index in [1.807, 2.05) is 24.5 Å². The smallest absolute Gasteiger partial charge is 0.118 e. The number of anilines is 12. The van der Waals surface area contributed by atoms with Crippen molar-refractivity contribution < 1.29 is 0 Å². The lowest BCUT2D eigenvalue weighted by molar-refractivity contribution is 1.28. The summed E-state index contributed by atoms with van der Waals surface area (Å²) in [6.07, 6.45) is 3.74. The maximum absolute atomic E-state index is 6.12. The lowest BCUT2D eigenvalue weighted by atomic mass is 9.99. The molecule has 21 rings (SSSR count). The van der Waals surface area contributed by atoms with Gasteiger partial charge < -0.3 is 28.4 Å². The fourth-order valence-corrected chi connectivity index (χ4v) is 16.2. The number of benzene rings is 14. The summed E-state index contributed by atoms with van der Waals surface area (Å²) in [7, 11) is 0. The molecule has 0 bridgehead atoms. The number of pyridine rings is 2. The van der Waals surface area contributed by atoms with Crippen LogP contribution < -0.4 is 19.6 Å². The minimum atomic E-state index is 0.697. The molecule has 14 aromatic carbocycles. The van der Waals surface area contributed by atoms with Crippen LogP contribution in [0.25, 0.3) is 120 Å². The van der Waals surface area contributed by atoms with Crippen LogP contribution in [-0.2, 0) is 0 Å². The van der Waals surface area contributed by atoms with E-state index in [-0.39, 0.29) is 0 Å². The third kappa shape index (κ3) is 8.25. The predicted octanol–water partition coefficient (Wildman–Crippen LogP) is 24.1. The molecule has 0 aliphatic carbocycles. The number of nitrogens with zero attached hydrogens (tertiary/aromatic N) is 10. The third-order valence-corrected chi connectivity index (χ3v) is 20.2. The van der Waals surface area contributed by atoms with Crippen LogP contribution in [0.4, 0.5) is 68.2 Å². The highest BCUT2D eigenvalue weighted by atomic mass is 15.2. The van der Waals surface area contributed by atoms with E-state index in [0.29, 0.717) is 11.0 Å². The minimum Gasteiger partial charge on any atom is -0.310 e. The van der Waals surface area contributed by atoms with Crippen molar-refractivity contribution in [2.45, 2.75) is 0 Å². The second-order valence-corrected chi connectivity index (χ2v) is 25.7. The third-order valence-electron chi connectivity index (χ3n) is 20.2. The van der Waals surface area contributed by atoms with Gasteiger partial charge in [-0.05, 0) is 170 Å². The Bertz CT molecular complexity index is 6190. The molecule has 0 fully saturated rings. The van der Waals surface area contributed by atoms with E-state index in [0.717, 1.165) is 177 Å². The van der Waals surface area contributed by atoms with Gasteiger partial charge in [0.1, 0.15) is 22.1 Å². The van der Waals surface area contributed by atoms with E-state index in [1.165, 1.54) is 0 Å². The molecule has 7 heterocycles. The van der Waals surface area contributed by atoms with Crippen molar-refractivity contribution in [1.29, 1.82) is 0 Å². The highest BCUT2D eigenvalue weighted by Gasteiger charge is 2.33. The number of hydrogen-bond acceptors (Lipinski definition) is 8. The molecule has 0 N–H and O–H groups in total. The summed E-state index contributed by atoms with van der Waals surface area (Å²) in [6, 6.07) is 118. The average molecular weight is 1280 g/mol. The first-order valence-electron chi connectivity index (χ1n) is 33.9. The maximum atomic E-state index is 6.12. The molecular formula is C90H56N10. The first-order valence-corrected chi connectivity index (χ1v) is 33.9. The number of rotatable bonds is 12. The molecule has 0 amide bonds. The van der Waals surface area contributed by atoms with Crippen molar-refractivity contribution in [1.82, 2.24) is 28.7 Å². The fourth-order valence-electron chi connectivity index (χ4n) is 16.2.